The van der Waals surface area contributed by atoms with E-state index >= 15 is 0 Å². The Bertz CT molecular complexity index is 1250. The molecule has 0 radical (unpaired) electrons. The molecule has 9 heteroatoms. The van der Waals surface area contributed by atoms with Crippen molar-refractivity contribution in [2.75, 3.05) is 11.1 Å². The summed E-state index contributed by atoms with van der Waals surface area (Å²) >= 11 is 7.10. The summed E-state index contributed by atoms with van der Waals surface area (Å²) in [6, 6.07) is 14.8. The van der Waals surface area contributed by atoms with Crippen LogP contribution in [0.5, 0.6) is 0 Å². The van der Waals surface area contributed by atoms with Gasteiger partial charge in [-0.3, -0.25) is 9.59 Å². The van der Waals surface area contributed by atoms with E-state index in [9.17, 15) is 9.59 Å². The second kappa shape index (κ2) is 8.73. The zero-order valence-corrected chi connectivity index (χ0v) is 17.6. The predicted octanol–water partition coefficient (Wildman–Crippen LogP) is 4.06. The highest BCUT2D eigenvalue weighted by Crippen LogP contribution is 2.19. The highest BCUT2D eigenvalue weighted by Gasteiger charge is 2.13. The van der Waals surface area contributed by atoms with Crippen LogP contribution in [0.25, 0.3) is 16.7 Å². The Labute approximate surface area is 181 Å². The van der Waals surface area contributed by atoms with Gasteiger partial charge < -0.3 is 10.3 Å². The van der Waals surface area contributed by atoms with Crippen LogP contribution in [0.4, 0.5) is 5.69 Å². The van der Waals surface area contributed by atoms with Crippen LogP contribution in [0.2, 0.25) is 5.02 Å². The van der Waals surface area contributed by atoms with Gasteiger partial charge in [0, 0.05) is 10.7 Å². The largest absolute Gasteiger partial charge is 0.325 e. The van der Waals surface area contributed by atoms with E-state index in [1.165, 1.54) is 11.8 Å². The molecule has 0 aliphatic heterocycles. The molecule has 0 saturated carbocycles. The number of hydrogen-bond acceptors (Lipinski definition) is 5. The first kappa shape index (κ1) is 20.2. The Morgan fingerprint density at radius 3 is 2.60 bits per heavy atom. The second-order valence-corrected chi connectivity index (χ2v) is 7.93. The number of hydrogen-bond donors (Lipinski definition) is 2. The zero-order valence-electron chi connectivity index (χ0n) is 16.1. The number of nitrogens with zero attached hydrogens (tertiary/aromatic N) is 3. The first-order chi connectivity index (χ1) is 14.5. The fourth-order valence-electron chi connectivity index (χ4n) is 2.89. The predicted molar refractivity (Wildman–Crippen MR) is 120 cm³/mol. The fourth-order valence-corrected chi connectivity index (χ4v) is 3.67. The van der Waals surface area contributed by atoms with E-state index in [2.05, 4.69) is 27.3 Å². The minimum atomic E-state index is -0.307. The topological polar surface area (TPSA) is 92.7 Å². The van der Waals surface area contributed by atoms with E-state index in [0.717, 1.165) is 29.6 Å². The average molecular weight is 440 g/mol. The molecular weight excluding hydrogens is 422 g/mol. The lowest BCUT2D eigenvalue weighted by molar-refractivity contribution is -0.113. The molecule has 2 aromatic heterocycles. The lowest BCUT2D eigenvalue weighted by atomic mass is 10.1. The molecule has 4 aromatic rings. The van der Waals surface area contributed by atoms with Gasteiger partial charge in [-0.05, 0) is 48.4 Å². The second-order valence-electron chi connectivity index (χ2n) is 6.53. The number of fused-ring (bicyclic) bond motifs is 1. The van der Waals surface area contributed by atoms with Crippen molar-refractivity contribution in [3.8, 4) is 5.69 Å². The summed E-state index contributed by atoms with van der Waals surface area (Å²) in [5.41, 5.74) is 2.78. The van der Waals surface area contributed by atoms with Crippen LogP contribution in [0.1, 0.15) is 12.5 Å². The van der Waals surface area contributed by atoms with Crippen molar-refractivity contribution in [2.45, 2.75) is 18.5 Å². The maximum Gasteiger partial charge on any atom is 0.262 e. The molecule has 0 aliphatic carbocycles. The number of anilines is 1. The normalized spacial score (nSPS) is 11.0. The zero-order chi connectivity index (χ0) is 21.1. The molecule has 7 nitrogen and oxygen atoms in total. The number of aryl methyl sites for hydroxylation is 1. The lowest BCUT2D eigenvalue weighted by Crippen LogP contribution is -2.15. The van der Waals surface area contributed by atoms with Crippen molar-refractivity contribution in [2.24, 2.45) is 0 Å². The third kappa shape index (κ3) is 4.39. The molecule has 30 heavy (non-hydrogen) atoms. The summed E-state index contributed by atoms with van der Waals surface area (Å²) in [5, 5.41) is 8.43. The van der Waals surface area contributed by atoms with Crippen molar-refractivity contribution in [3.05, 3.63) is 75.7 Å². The molecule has 0 unspecified atom stereocenters. The number of nitrogens with one attached hydrogen (secondary N) is 2. The number of rotatable bonds is 6. The standard InChI is InChI=1S/C21H18ClN5O2S/c1-2-13-3-7-15(8-4-13)24-18(28)12-30-21-25-19-17(20(29)26-21)11-23-27(19)16-9-5-14(22)6-10-16/h3-11H,2,12H2,1H3,(H,24,28)(H,25,26,29). The van der Waals surface area contributed by atoms with Crippen molar-refractivity contribution in [1.82, 2.24) is 19.7 Å². The number of halogens is 1. The summed E-state index contributed by atoms with van der Waals surface area (Å²) in [6.07, 6.45) is 2.41. The van der Waals surface area contributed by atoms with E-state index in [0.29, 0.717) is 21.2 Å². The Hall–Kier alpha value is -3.10. The molecule has 0 fully saturated rings. The smallest absolute Gasteiger partial charge is 0.262 e. The molecule has 2 N–H and O–H groups in total. The van der Waals surface area contributed by atoms with Gasteiger partial charge in [0.2, 0.25) is 5.91 Å². The lowest BCUT2D eigenvalue weighted by Gasteiger charge is -2.06. The average Bonchev–Trinajstić information content (AvgIpc) is 3.18. The van der Waals surface area contributed by atoms with E-state index in [1.807, 2.05) is 24.3 Å². The molecule has 1 amide bonds. The number of amides is 1. The van der Waals surface area contributed by atoms with Crippen molar-refractivity contribution in [3.63, 3.8) is 0 Å². The van der Waals surface area contributed by atoms with Crippen LogP contribution in [0.15, 0.2) is 64.7 Å². The Kier molecular flexibility index (Phi) is 5.87. The molecule has 0 saturated heterocycles. The Morgan fingerprint density at radius 1 is 1.17 bits per heavy atom. The molecule has 2 heterocycles. The van der Waals surface area contributed by atoms with Gasteiger partial charge in [-0.25, -0.2) is 9.67 Å². The van der Waals surface area contributed by atoms with Gasteiger partial charge in [0.15, 0.2) is 10.8 Å². The summed E-state index contributed by atoms with van der Waals surface area (Å²) in [4.78, 5) is 31.9. The number of benzene rings is 2. The summed E-state index contributed by atoms with van der Waals surface area (Å²) in [5.74, 6) is -0.0720. The highest BCUT2D eigenvalue weighted by atomic mass is 35.5. The number of aromatic nitrogens is 4. The first-order valence-corrected chi connectivity index (χ1v) is 10.7. The van der Waals surface area contributed by atoms with Gasteiger partial charge in [0.05, 0.1) is 17.6 Å². The summed E-state index contributed by atoms with van der Waals surface area (Å²) in [7, 11) is 0. The van der Waals surface area contributed by atoms with Crippen LogP contribution in [-0.4, -0.2) is 31.4 Å². The van der Waals surface area contributed by atoms with E-state index in [1.54, 1.807) is 28.9 Å². The maximum atomic E-state index is 12.4. The van der Waals surface area contributed by atoms with E-state index in [-0.39, 0.29) is 17.2 Å². The third-order valence-electron chi connectivity index (χ3n) is 4.47. The van der Waals surface area contributed by atoms with E-state index < -0.39 is 0 Å². The van der Waals surface area contributed by atoms with Crippen molar-refractivity contribution >= 4 is 46.0 Å². The molecule has 0 aliphatic rings. The van der Waals surface area contributed by atoms with Crippen LogP contribution in [-0.2, 0) is 11.2 Å². The minimum Gasteiger partial charge on any atom is -0.325 e. The molecule has 0 atom stereocenters. The van der Waals surface area contributed by atoms with Gasteiger partial charge in [-0.15, -0.1) is 0 Å². The molecule has 2 aromatic carbocycles. The number of thioether (sulfide) groups is 1. The first-order valence-electron chi connectivity index (χ1n) is 9.29. The van der Waals surface area contributed by atoms with Crippen LogP contribution < -0.4 is 10.9 Å². The quantitative estimate of drug-likeness (QED) is 0.349. The number of H-pyrrole nitrogens is 1. The number of aromatic amines is 1. The molecule has 0 bridgehead atoms. The SMILES string of the molecule is CCc1ccc(NC(=O)CSc2nc3c(cnn3-c3ccc(Cl)cc3)c(=O)[nH]2)cc1. The van der Waals surface area contributed by atoms with Gasteiger partial charge in [0.25, 0.3) is 5.56 Å². The van der Waals surface area contributed by atoms with Crippen LogP contribution >= 0.6 is 23.4 Å². The van der Waals surface area contributed by atoms with Crippen LogP contribution in [0, 0.1) is 0 Å². The summed E-state index contributed by atoms with van der Waals surface area (Å²) < 4.78 is 1.57. The minimum absolute atomic E-state index is 0.110. The molecule has 4 rings (SSSR count). The maximum absolute atomic E-state index is 12.4. The van der Waals surface area contributed by atoms with Gasteiger partial charge in [-0.2, -0.15) is 5.10 Å². The van der Waals surface area contributed by atoms with Crippen molar-refractivity contribution in [1.29, 1.82) is 0 Å². The number of carbonyl (C=O) groups is 1. The summed E-state index contributed by atoms with van der Waals surface area (Å²) in [6.45, 7) is 2.08. The van der Waals surface area contributed by atoms with Crippen molar-refractivity contribution < 1.29 is 4.79 Å². The number of carbonyl (C=O) groups excluding carboxylic acids is 1. The third-order valence-corrected chi connectivity index (χ3v) is 5.60. The fraction of sp³-hybridized carbons (Fsp3) is 0.143. The van der Waals surface area contributed by atoms with Gasteiger partial charge >= 0.3 is 0 Å². The molecule has 0 spiro atoms. The van der Waals surface area contributed by atoms with E-state index in [4.69, 9.17) is 11.6 Å². The molecule has 152 valence electrons. The Balaban J connectivity index is 1.51. The monoisotopic (exact) mass is 439 g/mol. The highest BCUT2D eigenvalue weighted by molar-refractivity contribution is 7.99. The van der Waals surface area contributed by atoms with Gasteiger partial charge in [-0.1, -0.05) is 42.4 Å². The Morgan fingerprint density at radius 2 is 1.90 bits per heavy atom. The van der Waals surface area contributed by atoms with Gasteiger partial charge in [0.1, 0.15) is 5.39 Å². The van der Waals surface area contributed by atoms with Crippen LogP contribution in [0.3, 0.4) is 0 Å². The molecular formula is C21H18ClN5O2S.